The van der Waals surface area contributed by atoms with E-state index >= 15 is 0 Å². The van der Waals surface area contributed by atoms with Crippen molar-refractivity contribution in [3.8, 4) is 0 Å². The van der Waals surface area contributed by atoms with Crippen molar-refractivity contribution in [2.45, 2.75) is 60.3 Å². The third-order valence-electron chi connectivity index (χ3n) is 3.03. The molecule has 1 saturated carbocycles. The van der Waals surface area contributed by atoms with Crippen molar-refractivity contribution in [2.75, 3.05) is 0 Å². The predicted molar refractivity (Wildman–Crippen MR) is 60.1 cm³/mol. The molecule has 0 aromatic heterocycles. The maximum absolute atomic E-state index is 13.5. The van der Waals surface area contributed by atoms with E-state index in [0.717, 1.165) is 0 Å². The Balaban J connectivity index is 2.56. The highest BCUT2D eigenvalue weighted by Gasteiger charge is 2.68. The molecule has 0 N–H and O–H groups in total. The Morgan fingerprint density at radius 2 is 1.07 bits per heavy atom. The van der Waals surface area contributed by atoms with Crippen molar-refractivity contribution >= 4 is 0 Å². The van der Waals surface area contributed by atoms with Crippen molar-refractivity contribution in [2.24, 2.45) is 22.7 Å². The van der Waals surface area contributed by atoms with Gasteiger partial charge in [0.15, 0.2) is 0 Å². The lowest BCUT2D eigenvalue weighted by atomic mass is 9.85. The molecule has 0 bridgehead atoms. The molecule has 15 heavy (non-hydrogen) atoms. The van der Waals surface area contributed by atoms with Crippen LogP contribution >= 0.6 is 0 Å². The van der Waals surface area contributed by atoms with Crippen LogP contribution in [0.5, 0.6) is 0 Å². The summed E-state index contributed by atoms with van der Waals surface area (Å²) in [5.41, 5.74) is 0.0292. The highest BCUT2D eigenvalue weighted by molar-refractivity contribution is 5.07. The van der Waals surface area contributed by atoms with E-state index in [1.54, 1.807) is 0 Å². The first-order valence-corrected chi connectivity index (χ1v) is 5.81. The largest absolute Gasteiger partial charge is 0.254 e. The monoisotopic (exact) mass is 218 g/mol. The van der Waals surface area contributed by atoms with Gasteiger partial charge < -0.3 is 0 Å². The van der Waals surface area contributed by atoms with Gasteiger partial charge >= 0.3 is 0 Å². The quantitative estimate of drug-likeness (QED) is 0.628. The lowest BCUT2D eigenvalue weighted by Gasteiger charge is -2.19. The molecule has 2 unspecified atom stereocenters. The van der Waals surface area contributed by atoms with Gasteiger partial charge in [0.1, 0.15) is 0 Å². The fourth-order valence-corrected chi connectivity index (χ4v) is 2.34. The second-order valence-electron chi connectivity index (χ2n) is 7.42. The van der Waals surface area contributed by atoms with Crippen LogP contribution in [0, 0.1) is 22.7 Å². The molecule has 0 heterocycles. The van der Waals surface area contributed by atoms with Crippen LogP contribution in [0.4, 0.5) is 8.78 Å². The van der Waals surface area contributed by atoms with Gasteiger partial charge in [0.25, 0.3) is 5.92 Å². The summed E-state index contributed by atoms with van der Waals surface area (Å²) in [6.07, 6.45) is 1.28. The van der Waals surface area contributed by atoms with Crippen LogP contribution in [-0.2, 0) is 0 Å². The topological polar surface area (TPSA) is 0 Å². The zero-order valence-electron chi connectivity index (χ0n) is 10.8. The van der Waals surface area contributed by atoms with Crippen molar-refractivity contribution in [3.05, 3.63) is 0 Å². The first-order chi connectivity index (χ1) is 6.43. The van der Waals surface area contributed by atoms with Crippen LogP contribution in [0.3, 0.4) is 0 Å². The molecule has 0 nitrogen and oxygen atoms in total. The Morgan fingerprint density at radius 3 is 1.27 bits per heavy atom. The average Bonchev–Trinajstić information content (AvgIpc) is 2.32. The second-order valence-corrected chi connectivity index (χ2v) is 7.42. The average molecular weight is 218 g/mol. The number of alkyl halides is 2. The molecule has 1 fully saturated rings. The molecule has 1 rings (SSSR count). The first-order valence-electron chi connectivity index (χ1n) is 5.81. The van der Waals surface area contributed by atoms with E-state index in [2.05, 4.69) is 0 Å². The van der Waals surface area contributed by atoms with Gasteiger partial charge in [0.2, 0.25) is 0 Å². The van der Waals surface area contributed by atoms with Crippen molar-refractivity contribution < 1.29 is 8.78 Å². The van der Waals surface area contributed by atoms with Crippen LogP contribution in [0.25, 0.3) is 0 Å². The lowest BCUT2D eigenvalue weighted by molar-refractivity contribution is 0.0705. The third-order valence-corrected chi connectivity index (χ3v) is 3.03. The fourth-order valence-electron chi connectivity index (χ4n) is 2.34. The maximum atomic E-state index is 13.5. The molecule has 0 aromatic carbocycles. The van der Waals surface area contributed by atoms with Crippen molar-refractivity contribution in [1.29, 1.82) is 0 Å². The van der Waals surface area contributed by atoms with Crippen LogP contribution in [0.2, 0.25) is 0 Å². The number of hydrogen-bond acceptors (Lipinski definition) is 0. The van der Waals surface area contributed by atoms with E-state index < -0.39 is 5.92 Å². The standard InChI is InChI=1S/C13H24F2/c1-11(2,3)7-9-10(13(9,14)15)8-12(4,5)6/h9-10H,7-8H2,1-6H3. The highest BCUT2D eigenvalue weighted by atomic mass is 19.3. The third kappa shape index (κ3) is 3.42. The number of rotatable bonds is 2. The molecule has 0 saturated heterocycles. The molecular formula is C13H24F2. The van der Waals surface area contributed by atoms with E-state index in [-0.39, 0.29) is 22.7 Å². The molecule has 0 spiro atoms. The molecule has 2 heteroatoms. The molecule has 0 aliphatic heterocycles. The van der Waals surface area contributed by atoms with Gasteiger partial charge in [-0.3, -0.25) is 0 Å². The molecule has 1 aliphatic carbocycles. The molecule has 0 aromatic rings. The summed E-state index contributed by atoms with van der Waals surface area (Å²) >= 11 is 0. The smallest absolute Gasteiger partial charge is 0.206 e. The van der Waals surface area contributed by atoms with Gasteiger partial charge in [0, 0.05) is 11.8 Å². The van der Waals surface area contributed by atoms with E-state index in [9.17, 15) is 8.78 Å². The molecule has 90 valence electrons. The van der Waals surface area contributed by atoms with Gasteiger partial charge in [-0.15, -0.1) is 0 Å². The van der Waals surface area contributed by atoms with Gasteiger partial charge in [-0.05, 0) is 23.7 Å². The summed E-state index contributed by atoms with van der Waals surface area (Å²) in [5, 5.41) is 0. The van der Waals surface area contributed by atoms with E-state index in [1.165, 1.54) is 0 Å². The minimum Gasteiger partial charge on any atom is -0.206 e. The summed E-state index contributed by atoms with van der Waals surface area (Å²) in [6, 6.07) is 0. The Kier molecular flexibility index (Phi) is 2.95. The van der Waals surface area contributed by atoms with E-state index in [0.29, 0.717) is 12.8 Å². The Bertz CT molecular complexity index is 206. The minimum absolute atomic E-state index is 0.0146. The molecule has 2 atom stereocenters. The van der Waals surface area contributed by atoms with Crippen molar-refractivity contribution in [1.82, 2.24) is 0 Å². The summed E-state index contributed by atoms with van der Waals surface area (Å²) in [7, 11) is 0. The Labute approximate surface area is 92.4 Å². The highest BCUT2D eigenvalue weighted by Crippen LogP contribution is 2.62. The van der Waals surface area contributed by atoms with Crippen LogP contribution < -0.4 is 0 Å². The van der Waals surface area contributed by atoms with Crippen LogP contribution in [0.1, 0.15) is 54.4 Å². The molecular weight excluding hydrogens is 194 g/mol. The number of hydrogen-bond donors (Lipinski definition) is 0. The summed E-state index contributed by atoms with van der Waals surface area (Å²) < 4.78 is 27.0. The summed E-state index contributed by atoms with van der Waals surface area (Å²) in [5.74, 6) is -3.16. The SMILES string of the molecule is CC(C)(C)CC1C(CC(C)(C)C)C1(F)F. The first kappa shape index (κ1) is 12.9. The second kappa shape index (κ2) is 3.43. The molecule has 0 amide bonds. The van der Waals surface area contributed by atoms with E-state index in [4.69, 9.17) is 0 Å². The van der Waals surface area contributed by atoms with Gasteiger partial charge in [-0.1, -0.05) is 41.5 Å². The predicted octanol–water partition coefficient (Wildman–Crippen LogP) is 4.74. The van der Waals surface area contributed by atoms with E-state index in [1.807, 2.05) is 41.5 Å². The summed E-state index contributed by atoms with van der Waals surface area (Å²) in [4.78, 5) is 0. The van der Waals surface area contributed by atoms with Gasteiger partial charge in [-0.2, -0.15) is 0 Å². The van der Waals surface area contributed by atoms with Crippen molar-refractivity contribution in [3.63, 3.8) is 0 Å². The normalized spacial score (nSPS) is 30.4. The zero-order chi connectivity index (χ0) is 12.1. The van der Waals surface area contributed by atoms with Gasteiger partial charge in [0.05, 0.1) is 0 Å². The molecule has 1 aliphatic rings. The maximum Gasteiger partial charge on any atom is 0.254 e. The molecule has 0 radical (unpaired) electrons. The van der Waals surface area contributed by atoms with Crippen LogP contribution in [-0.4, -0.2) is 5.92 Å². The lowest BCUT2D eigenvalue weighted by Crippen LogP contribution is -2.09. The number of halogens is 2. The Morgan fingerprint density at radius 1 is 0.800 bits per heavy atom. The Hall–Kier alpha value is -0.140. The minimum atomic E-state index is -2.40. The van der Waals surface area contributed by atoms with Crippen LogP contribution in [0.15, 0.2) is 0 Å². The zero-order valence-corrected chi connectivity index (χ0v) is 10.8. The summed E-state index contributed by atoms with van der Waals surface area (Å²) in [6.45, 7) is 12.2. The van der Waals surface area contributed by atoms with Gasteiger partial charge in [-0.25, -0.2) is 8.78 Å². The fraction of sp³-hybridized carbons (Fsp3) is 1.00.